The molecule has 132 valence electrons. The number of nitrogens with one attached hydrogen (secondary N) is 1. The third-order valence-corrected chi connectivity index (χ3v) is 6.89. The van der Waals surface area contributed by atoms with Crippen LogP contribution in [-0.2, 0) is 16.6 Å². The Morgan fingerprint density at radius 2 is 2.12 bits per heavy atom. The average Bonchev–Trinajstić information content (AvgIpc) is 3.03. The van der Waals surface area contributed by atoms with Crippen LogP contribution in [0.25, 0.3) is 0 Å². The third kappa shape index (κ3) is 2.92. The number of hydrogen-bond donors (Lipinski definition) is 1. The molecule has 6 nitrogen and oxygen atoms in total. The first-order chi connectivity index (χ1) is 12.1. The van der Waals surface area contributed by atoms with E-state index in [4.69, 9.17) is 4.74 Å². The molecule has 1 aromatic carbocycles. The van der Waals surface area contributed by atoms with Gasteiger partial charge in [0.25, 0.3) is 0 Å². The summed E-state index contributed by atoms with van der Waals surface area (Å²) < 4.78 is 33.2. The van der Waals surface area contributed by atoms with Crippen LogP contribution >= 0.6 is 0 Å². The zero-order chi connectivity index (χ0) is 17.4. The van der Waals surface area contributed by atoms with Gasteiger partial charge in [0.1, 0.15) is 5.75 Å². The highest BCUT2D eigenvalue weighted by Crippen LogP contribution is 2.35. The van der Waals surface area contributed by atoms with Gasteiger partial charge in [-0.05, 0) is 36.2 Å². The van der Waals surface area contributed by atoms with E-state index in [1.54, 1.807) is 34.8 Å². The smallest absolute Gasteiger partial charge is 0.243 e. The van der Waals surface area contributed by atoms with Crippen molar-refractivity contribution in [2.45, 2.75) is 17.4 Å². The number of rotatable bonds is 3. The van der Waals surface area contributed by atoms with Gasteiger partial charge in [0, 0.05) is 43.5 Å². The van der Waals surface area contributed by atoms with E-state index < -0.39 is 10.0 Å². The Morgan fingerprint density at radius 3 is 2.96 bits per heavy atom. The lowest BCUT2D eigenvalue weighted by atomic mass is 9.91. The number of hydrogen-bond acceptors (Lipinski definition) is 5. The molecular formula is C18H21N3O3S. The fraction of sp³-hybridized carbons (Fsp3) is 0.389. The minimum Gasteiger partial charge on any atom is -0.497 e. The standard InChI is InChI=1S/C18H21N3O3S/c1-24-15-5-2-6-16(8-15)25(22,23)21-11-13-4-3-7-20-18(13)17-10-19-9-14(17)12-21/h2-8,14,17,19H,9-12H2,1H3/t14-,17+/m1/s1. The highest BCUT2D eigenvalue weighted by molar-refractivity contribution is 7.89. The summed E-state index contributed by atoms with van der Waals surface area (Å²) in [5.41, 5.74) is 2.02. The molecule has 4 rings (SSSR count). The lowest BCUT2D eigenvalue weighted by molar-refractivity contribution is 0.349. The topological polar surface area (TPSA) is 71.5 Å². The summed E-state index contributed by atoms with van der Waals surface area (Å²) >= 11 is 0. The van der Waals surface area contributed by atoms with Crippen LogP contribution in [0.5, 0.6) is 5.75 Å². The van der Waals surface area contributed by atoms with E-state index in [2.05, 4.69) is 10.3 Å². The summed E-state index contributed by atoms with van der Waals surface area (Å²) in [7, 11) is -2.07. The second-order valence-corrected chi connectivity index (χ2v) is 8.49. The number of ether oxygens (including phenoxy) is 1. The molecule has 0 radical (unpaired) electrons. The van der Waals surface area contributed by atoms with Gasteiger partial charge in [0.15, 0.2) is 0 Å². The van der Waals surface area contributed by atoms with Gasteiger partial charge in [-0.3, -0.25) is 4.98 Å². The summed E-state index contributed by atoms with van der Waals surface area (Å²) in [6.45, 7) is 2.51. The third-order valence-electron chi connectivity index (χ3n) is 5.08. The summed E-state index contributed by atoms with van der Waals surface area (Å²) in [5, 5.41) is 3.38. The van der Waals surface area contributed by atoms with E-state index in [1.807, 2.05) is 12.1 Å². The van der Waals surface area contributed by atoms with Gasteiger partial charge in [0.2, 0.25) is 10.0 Å². The highest BCUT2D eigenvalue weighted by atomic mass is 32.2. The van der Waals surface area contributed by atoms with Gasteiger partial charge >= 0.3 is 0 Å². The van der Waals surface area contributed by atoms with Crippen LogP contribution in [0.1, 0.15) is 17.2 Å². The lowest BCUT2D eigenvalue weighted by Crippen LogP contribution is -2.35. The van der Waals surface area contributed by atoms with Crippen molar-refractivity contribution in [2.24, 2.45) is 5.92 Å². The number of fused-ring (bicyclic) bond motifs is 3. The van der Waals surface area contributed by atoms with Crippen LogP contribution in [0, 0.1) is 5.92 Å². The number of methoxy groups -OCH3 is 1. The Morgan fingerprint density at radius 1 is 1.24 bits per heavy atom. The van der Waals surface area contributed by atoms with E-state index >= 15 is 0 Å². The minimum absolute atomic E-state index is 0.233. The van der Waals surface area contributed by atoms with Crippen LogP contribution in [0.15, 0.2) is 47.5 Å². The molecule has 0 spiro atoms. The molecule has 0 amide bonds. The van der Waals surface area contributed by atoms with E-state index in [0.29, 0.717) is 18.8 Å². The van der Waals surface area contributed by atoms with Crippen molar-refractivity contribution in [1.29, 1.82) is 0 Å². The van der Waals surface area contributed by atoms with Crippen molar-refractivity contribution in [2.75, 3.05) is 26.7 Å². The number of aromatic nitrogens is 1. The monoisotopic (exact) mass is 359 g/mol. The number of nitrogens with zero attached hydrogens (tertiary/aromatic N) is 2. The van der Waals surface area contributed by atoms with E-state index in [1.165, 1.54) is 7.11 Å². The van der Waals surface area contributed by atoms with Gasteiger partial charge in [-0.25, -0.2) is 8.42 Å². The van der Waals surface area contributed by atoms with E-state index in [0.717, 1.165) is 24.3 Å². The molecular weight excluding hydrogens is 338 g/mol. The first-order valence-electron chi connectivity index (χ1n) is 8.38. The van der Waals surface area contributed by atoms with Crippen molar-refractivity contribution < 1.29 is 13.2 Å². The molecule has 0 unspecified atom stereocenters. The first-order valence-corrected chi connectivity index (χ1v) is 9.82. The molecule has 0 saturated carbocycles. The fourth-order valence-corrected chi connectivity index (χ4v) is 5.28. The van der Waals surface area contributed by atoms with Gasteiger partial charge < -0.3 is 10.1 Å². The van der Waals surface area contributed by atoms with Gasteiger partial charge in [-0.1, -0.05) is 12.1 Å². The zero-order valence-electron chi connectivity index (χ0n) is 14.1. The van der Waals surface area contributed by atoms with Crippen molar-refractivity contribution in [3.63, 3.8) is 0 Å². The molecule has 1 aromatic heterocycles. The van der Waals surface area contributed by atoms with Crippen LogP contribution < -0.4 is 10.1 Å². The van der Waals surface area contributed by atoms with E-state index in [-0.39, 0.29) is 16.7 Å². The molecule has 25 heavy (non-hydrogen) atoms. The van der Waals surface area contributed by atoms with Crippen molar-refractivity contribution in [3.05, 3.63) is 53.9 Å². The Bertz CT molecular complexity index is 885. The number of sulfonamides is 1. The Kier molecular flexibility index (Phi) is 4.23. The SMILES string of the molecule is COc1cccc(S(=O)(=O)N2Cc3cccnc3[C@H]3CNC[C@@H]3C2)c1. The van der Waals surface area contributed by atoms with Crippen molar-refractivity contribution in [3.8, 4) is 5.75 Å². The summed E-state index contributed by atoms with van der Waals surface area (Å²) in [5.74, 6) is 1.04. The van der Waals surface area contributed by atoms with Crippen molar-refractivity contribution in [1.82, 2.24) is 14.6 Å². The molecule has 1 saturated heterocycles. The second kappa shape index (κ2) is 6.40. The lowest BCUT2D eigenvalue weighted by Gasteiger charge is -2.23. The van der Waals surface area contributed by atoms with Crippen LogP contribution in [0.3, 0.4) is 0 Å². The van der Waals surface area contributed by atoms with Gasteiger partial charge in [-0.15, -0.1) is 0 Å². The van der Waals surface area contributed by atoms with Crippen LogP contribution in [-0.4, -0.2) is 44.5 Å². The Labute approximate surface area is 147 Å². The molecule has 3 heterocycles. The highest BCUT2D eigenvalue weighted by Gasteiger charge is 2.39. The fourth-order valence-electron chi connectivity index (χ4n) is 3.77. The number of pyridine rings is 1. The minimum atomic E-state index is -3.60. The molecule has 1 fully saturated rings. The maximum absolute atomic E-state index is 13.2. The normalized spacial score (nSPS) is 23.6. The molecule has 2 aliphatic rings. The molecule has 1 N–H and O–H groups in total. The maximum atomic E-state index is 13.2. The Balaban J connectivity index is 1.75. The average molecular weight is 359 g/mol. The quantitative estimate of drug-likeness (QED) is 0.901. The zero-order valence-corrected chi connectivity index (χ0v) is 14.9. The molecule has 2 atom stereocenters. The molecule has 7 heteroatoms. The van der Waals surface area contributed by atoms with Gasteiger partial charge in [0.05, 0.1) is 12.0 Å². The number of benzene rings is 1. The predicted octanol–water partition coefficient (Wildman–Crippen LogP) is 1.60. The van der Waals surface area contributed by atoms with Gasteiger partial charge in [-0.2, -0.15) is 4.31 Å². The molecule has 2 aromatic rings. The predicted molar refractivity (Wildman–Crippen MR) is 93.9 cm³/mol. The van der Waals surface area contributed by atoms with E-state index in [9.17, 15) is 8.42 Å². The largest absolute Gasteiger partial charge is 0.497 e. The molecule has 0 bridgehead atoms. The maximum Gasteiger partial charge on any atom is 0.243 e. The second-order valence-electron chi connectivity index (χ2n) is 6.55. The molecule has 0 aliphatic carbocycles. The Hall–Kier alpha value is -1.96. The van der Waals surface area contributed by atoms with Crippen LogP contribution in [0.4, 0.5) is 0 Å². The molecule has 2 aliphatic heterocycles. The summed E-state index contributed by atoms with van der Waals surface area (Å²) in [6.07, 6.45) is 1.79. The summed E-state index contributed by atoms with van der Waals surface area (Å²) in [4.78, 5) is 4.82. The van der Waals surface area contributed by atoms with Crippen LogP contribution in [0.2, 0.25) is 0 Å². The summed E-state index contributed by atoms with van der Waals surface area (Å²) in [6, 6.07) is 10.5. The van der Waals surface area contributed by atoms with Crippen molar-refractivity contribution >= 4 is 10.0 Å². The first kappa shape index (κ1) is 16.5.